The lowest BCUT2D eigenvalue weighted by Gasteiger charge is -2.35. The first-order chi connectivity index (χ1) is 9.30. The molecule has 1 saturated carbocycles. The standard InChI is InChI=1S/C18H21N/c19-18(13-7-8-14-18)17(15-9-3-1-4-10-15)16-11-5-2-6-12-16/h1-6,9-12,17H,7-8,13-14,19H2. The number of hydrogen-bond acceptors (Lipinski definition) is 1. The lowest BCUT2D eigenvalue weighted by atomic mass is 9.74. The number of benzene rings is 2. The Morgan fingerprint density at radius 2 is 1.16 bits per heavy atom. The van der Waals surface area contributed by atoms with Crippen LogP contribution in [0.1, 0.15) is 42.7 Å². The van der Waals surface area contributed by atoms with E-state index in [1.165, 1.54) is 24.0 Å². The average molecular weight is 251 g/mol. The van der Waals surface area contributed by atoms with Crippen LogP contribution in [-0.4, -0.2) is 5.54 Å². The zero-order chi connectivity index (χ0) is 13.1. The summed E-state index contributed by atoms with van der Waals surface area (Å²) in [6, 6.07) is 21.5. The topological polar surface area (TPSA) is 26.0 Å². The number of nitrogens with two attached hydrogens (primary N) is 1. The average Bonchev–Trinajstić information content (AvgIpc) is 2.89. The lowest BCUT2D eigenvalue weighted by molar-refractivity contribution is 0.388. The highest BCUT2D eigenvalue weighted by Gasteiger charge is 2.39. The van der Waals surface area contributed by atoms with E-state index in [0.717, 1.165) is 12.8 Å². The van der Waals surface area contributed by atoms with E-state index in [4.69, 9.17) is 5.73 Å². The van der Waals surface area contributed by atoms with Crippen molar-refractivity contribution in [3.63, 3.8) is 0 Å². The van der Waals surface area contributed by atoms with Crippen molar-refractivity contribution in [1.82, 2.24) is 0 Å². The molecule has 0 spiro atoms. The van der Waals surface area contributed by atoms with Crippen molar-refractivity contribution < 1.29 is 0 Å². The molecule has 1 aliphatic rings. The molecular formula is C18H21N. The fourth-order valence-electron chi connectivity index (χ4n) is 3.47. The zero-order valence-electron chi connectivity index (χ0n) is 11.3. The molecule has 3 rings (SSSR count). The quantitative estimate of drug-likeness (QED) is 0.873. The second-order valence-electron chi connectivity index (χ2n) is 5.69. The van der Waals surface area contributed by atoms with Gasteiger partial charge in [0.25, 0.3) is 0 Å². The van der Waals surface area contributed by atoms with Crippen LogP contribution < -0.4 is 5.73 Å². The summed E-state index contributed by atoms with van der Waals surface area (Å²) >= 11 is 0. The van der Waals surface area contributed by atoms with Gasteiger partial charge in [0.15, 0.2) is 0 Å². The Morgan fingerprint density at radius 1 is 0.737 bits per heavy atom. The predicted molar refractivity (Wildman–Crippen MR) is 80.1 cm³/mol. The number of hydrogen-bond donors (Lipinski definition) is 1. The van der Waals surface area contributed by atoms with E-state index in [-0.39, 0.29) is 5.54 Å². The van der Waals surface area contributed by atoms with Crippen molar-refractivity contribution in [3.05, 3.63) is 71.8 Å². The van der Waals surface area contributed by atoms with Crippen molar-refractivity contribution in [2.24, 2.45) is 5.73 Å². The Bertz CT molecular complexity index is 472. The molecule has 0 saturated heterocycles. The van der Waals surface area contributed by atoms with Gasteiger partial charge in [0.2, 0.25) is 0 Å². The third-order valence-corrected chi connectivity index (χ3v) is 4.38. The van der Waals surface area contributed by atoms with Crippen LogP contribution in [0.15, 0.2) is 60.7 Å². The summed E-state index contributed by atoms with van der Waals surface area (Å²) in [6.07, 6.45) is 4.77. The molecule has 0 radical (unpaired) electrons. The van der Waals surface area contributed by atoms with Crippen LogP contribution in [0.4, 0.5) is 0 Å². The molecule has 0 bridgehead atoms. The van der Waals surface area contributed by atoms with Gasteiger partial charge in [0.05, 0.1) is 0 Å². The van der Waals surface area contributed by atoms with Crippen molar-refractivity contribution in [2.75, 3.05) is 0 Å². The Labute approximate surface area is 115 Å². The minimum Gasteiger partial charge on any atom is -0.324 e. The molecule has 0 heterocycles. The highest BCUT2D eigenvalue weighted by molar-refractivity contribution is 5.37. The van der Waals surface area contributed by atoms with Gasteiger partial charge < -0.3 is 5.73 Å². The van der Waals surface area contributed by atoms with Crippen molar-refractivity contribution >= 4 is 0 Å². The highest BCUT2D eigenvalue weighted by Crippen LogP contribution is 2.43. The molecule has 19 heavy (non-hydrogen) atoms. The maximum absolute atomic E-state index is 6.77. The Balaban J connectivity index is 2.06. The van der Waals surface area contributed by atoms with Gasteiger partial charge in [-0.05, 0) is 24.0 Å². The molecule has 0 aromatic heterocycles. The largest absolute Gasteiger partial charge is 0.324 e. The van der Waals surface area contributed by atoms with E-state index in [0.29, 0.717) is 5.92 Å². The van der Waals surface area contributed by atoms with E-state index >= 15 is 0 Å². The van der Waals surface area contributed by atoms with E-state index < -0.39 is 0 Å². The van der Waals surface area contributed by atoms with Gasteiger partial charge in [0, 0.05) is 11.5 Å². The Kier molecular flexibility index (Phi) is 3.39. The maximum atomic E-state index is 6.77. The third kappa shape index (κ3) is 2.43. The van der Waals surface area contributed by atoms with E-state index in [2.05, 4.69) is 60.7 Å². The Morgan fingerprint density at radius 3 is 1.58 bits per heavy atom. The number of rotatable bonds is 3. The van der Waals surface area contributed by atoms with E-state index in [1.807, 2.05) is 0 Å². The molecule has 0 atom stereocenters. The molecule has 2 N–H and O–H groups in total. The predicted octanol–water partition coefficient (Wildman–Crippen LogP) is 4.09. The fourth-order valence-corrected chi connectivity index (χ4v) is 3.47. The summed E-state index contributed by atoms with van der Waals surface area (Å²) < 4.78 is 0. The van der Waals surface area contributed by atoms with Gasteiger partial charge in [-0.15, -0.1) is 0 Å². The molecule has 1 aliphatic carbocycles. The third-order valence-electron chi connectivity index (χ3n) is 4.38. The van der Waals surface area contributed by atoms with Gasteiger partial charge in [-0.25, -0.2) is 0 Å². The maximum Gasteiger partial charge on any atom is 0.0269 e. The van der Waals surface area contributed by atoms with Crippen LogP contribution in [0.25, 0.3) is 0 Å². The zero-order valence-corrected chi connectivity index (χ0v) is 11.3. The van der Waals surface area contributed by atoms with Gasteiger partial charge in [0.1, 0.15) is 0 Å². The molecule has 0 aliphatic heterocycles. The Hall–Kier alpha value is -1.60. The molecule has 2 aromatic carbocycles. The molecule has 1 heteroatoms. The van der Waals surface area contributed by atoms with Crippen molar-refractivity contribution in [2.45, 2.75) is 37.1 Å². The van der Waals surface area contributed by atoms with Gasteiger partial charge in [-0.2, -0.15) is 0 Å². The smallest absolute Gasteiger partial charge is 0.0269 e. The van der Waals surface area contributed by atoms with Crippen molar-refractivity contribution in [3.8, 4) is 0 Å². The summed E-state index contributed by atoms with van der Waals surface area (Å²) in [4.78, 5) is 0. The van der Waals surface area contributed by atoms with Gasteiger partial charge in [-0.1, -0.05) is 73.5 Å². The first kappa shape index (κ1) is 12.4. The molecule has 1 fully saturated rings. The summed E-state index contributed by atoms with van der Waals surface area (Å²) in [5.41, 5.74) is 9.38. The second-order valence-corrected chi connectivity index (χ2v) is 5.69. The summed E-state index contributed by atoms with van der Waals surface area (Å²) in [7, 11) is 0. The minimum absolute atomic E-state index is 0.0806. The molecule has 0 amide bonds. The second kappa shape index (κ2) is 5.18. The summed E-state index contributed by atoms with van der Waals surface area (Å²) in [6.45, 7) is 0. The monoisotopic (exact) mass is 251 g/mol. The molecule has 0 unspecified atom stereocenters. The first-order valence-corrected chi connectivity index (χ1v) is 7.18. The summed E-state index contributed by atoms with van der Waals surface area (Å²) in [5, 5.41) is 0. The van der Waals surface area contributed by atoms with E-state index in [1.54, 1.807) is 0 Å². The van der Waals surface area contributed by atoms with Crippen LogP contribution in [0.3, 0.4) is 0 Å². The first-order valence-electron chi connectivity index (χ1n) is 7.18. The molecule has 2 aromatic rings. The van der Waals surface area contributed by atoms with Crippen LogP contribution in [-0.2, 0) is 0 Å². The molecule has 98 valence electrons. The van der Waals surface area contributed by atoms with Gasteiger partial charge >= 0.3 is 0 Å². The highest BCUT2D eigenvalue weighted by atomic mass is 14.8. The van der Waals surface area contributed by atoms with Crippen LogP contribution in [0.5, 0.6) is 0 Å². The van der Waals surface area contributed by atoms with Gasteiger partial charge in [-0.3, -0.25) is 0 Å². The molecular weight excluding hydrogens is 230 g/mol. The molecule has 1 nitrogen and oxygen atoms in total. The fraction of sp³-hybridized carbons (Fsp3) is 0.333. The van der Waals surface area contributed by atoms with Crippen molar-refractivity contribution in [1.29, 1.82) is 0 Å². The summed E-state index contributed by atoms with van der Waals surface area (Å²) in [5.74, 6) is 0.317. The lowest BCUT2D eigenvalue weighted by Crippen LogP contribution is -2.43. The normalized spacial score (nSPS) is 17.8. The minimum atomic E-state index is -0.0806. The van der Waals surface area contributed by atoms with Crippen LogP contribution in [0, 0.1) is 0 Å². The van der Waals surface area contributed by atoms with E-state index in [9.17, 15) is 0 Å². The van der Waals surface area contributed by atoms with Crippen LogP contribution in [0.2, 0.25) is 0 Å². The SMILES string of the molecule is NC1(C(c2ccccc2)c2ccccc2)CCCC1. The van der Waals surface area contributed by atoms with Crippen LogP contribution >= 0.6 is 0 Å².